The first kappa shape index (κ1) is 33.4. The predicted molar refractivity (Wildman–Crippen MR) is 173 cm³/mol. The normalized spacial score (nSPS) is 25.1. The zero-order valence-corrected chi connectivity index (χ0v) is 26.7. The largest absolute Gasteiger partial charge is 0.463 e. The van der Waals surface area contributed by atoms with Crippen LogP contribution in [0, 0.1) is 18.8 Å². The Morgan fingerprint density at radius 1 is 1.20 bits per heavy atom. The molecule has 11 heteroatoms. The number of β-amino-alcohol motifs (C(OH)–C–C–N with tert-alkyl or cyclic N) is 1. The van der Waals surface area contributed by atoms with Crippen LogP contribution in [0.15, 0.2) is 73.8 Å². The fourth-order valence-corrected chi connectivity index (χ4v) is 7.58. The molecule has 5 rings (SSSR count). The summed E-state index contributed by atoms with van der Waals surface area (Å²) in [6.45, 7) is 8.84. The number of rotatable bonds is 14. The molecule has 3 saturated heterocycles. The van der Waals surface area contributed by atoms with E-state index in [0.29, 0.717) is 30.0 Å². The number of halogens is 1. The maximum atomic E-state index is 14.6. The second-order valence-electron chi connectivity index (χ2n) is 11.9. The van der Waals surface area contributed by atoms with Crippen LogP contribution in [-0.2, 0) is 28.7 Å². The maximum absolute atomic E-state index is 14.6. The van der Waals surface area contributed by atoms with Gasteiger partial charge in [0.25, 0.3) is 5.91 Å². The monoisotopic (exact) mass is 649 g/mol. The number of allylic oxidation sites excluding steroid dienone is 1. The van der Waals surface area contributed by atoms with E-state index in [2.05, 4.69) is 18.5 Å². The Hall–Kier alpha value is -3.99. The predicted octanol–water partition coefficient (Wildman–Crippen LogP) is 3.90. The van der Waals surface area contributed by atoms with Gasteiger partial charge in [-0.3, -0.25) is 19.2 Å². The quantitative estimate of drug-likeness (QED) is 0.235. The Balaban J connectivity index is 1.45. The van der Waals surface area contributed by atoms with Gasteiger partial charge in [0.2, 0.25) is 11.8 Å². The number of nitrogens with zero attached hydrogens (tertiary/aromatic N) is 2. The van der Waals surface area contributed by atoms with E-state index in [1.165, 1.54) is 9.80 Å². The molecule has 3 fully saturated rings. The standard InChI is InChI=1S/C35H40ClN3O7/c1-4-6-15-27(41)45-21-25(23-12-8-7-9-13-23)37-32(42)28-26-16-17-35(46-26)29(28)33(43)39(19-20-40)31(35)34(44)38(18-5-2)30-22(3)11-10-14-24(30)36/h4-5,7-14,25-26,28-29,31,40H,1-2,6,15-21H2,3H3,(H,37,42)/t25-,26+,28-,29-,31+,35-/m1/s1. The Kier molecular flexibility index (Phi) is 10.3. The highest BCUT2D eigenvalue weighted by Gasteiger charge is 2.74. The van der Waals surface area contributed by atoms with Crippen LogP contribution in [-0.4, -0.2) is 77.7 Å². The van der Waals surface area contributed by atoms with Crippen LogP contribution in [0.1, 0.15) is 42.9 Å². The van der Waals surface area contributed by atoms with Crippen LogP contribution in [0.4, 0.5) is 5.69 Å². The van der Waals surface area contributed by atoms with E-state index in [-0.39, 0.29) is 32.7 Å². The van der Waals surface area contributed by atoms with Gasteiger partial charge in [-0.15, -0.1) is 13.2 Å². The minimum absolute atomic E-state index is 0.0980. The van der Waals surface area contributed by atoms with Gasteiger partial charge in [-0.25, -0.2) is 0 Å². The molecule has 2 aromatic rings. The molecule has 46 heavy (non-hydrogen) atoms. The van der Waals surface area contributed by atoms with E-state index >= 15 is 0 Å². The van der Waals surface area contributed by atoms with E-state index in [1.54, 1.807) is 24.3 Å². The first-order valence-electron chi connectivity index (χ1n) is 15.6. The fourth-order valence-electron chi connectivity index (χ4n) is 7.26. The van der Waals surface area contributed by atoms with Crippen molar-refractivity contribution in [3.05, 3.63) is 90.0 Å². The third-order valence-corrected chi connectivity index (χ3v) is 9.50. The number of carbonyl (C=O) groups is 4. The number of para-hydroxylation sites is 1. The highest BCUT2D eigenvalue weighted by atomic mass is 35.5. The molecule has 0 aromatic heterocycles. The summed E-state index contributed by atoms with van der Waals surface area (Å²) in [4.78, 5) is 58.0. The van der Waals surface area contributed by atoms with E-state index in [0.717, 1.165) is 11.1 Å². The van der Waals surface area contributed by atoms with Crippen LogP contribution in [0.25, 0.3) is 0 Å². The summed E-state index contributed by atoms with van der Waals surface area (Å²) in [7, 11) is 0. The number of amides is 3. The molecule has 3 aliphatic rings. The highest BCUT2D eigenvalue weighted by molar-refractivity contribution is 6.34. The number of benzene rings is 2. The third-order valence-electron chi connectivity index (χ3n) is 9.20. The molecular formula is C35H40ClN3O7. The molecule has 1 spiro atoms. The summed E-state index contributed by atoms with van der Waals surface area (Å²) in [6, 6.07) is 12.7. The summed E-state index contributed by atoms with van der Waals surface area (Å²) >= 11 is 6.59. The number of hydrogen-bond donors (Lipinski definition) is 2. The van der Waals surface area contributed by atoms with Gasteiger partial charge in [0, 0.05) is 19.5 Å². The van der Waals surface area contributed by atoms with Crippen LogP contribution in [0.5, 0.6) is 0 Å². The molecule has 244 valence electrons. The molecule has 6 atom stereocenters. The number of ether oxygens (including phenoxy) is 2. The molecule has 0 aliphatic carbocycles. The summed E-state index contributed by atoms with van der Waals surface area (Å²) in [5.41, 5.74) is 0.722. The highest BCUT2D eigenvalue weighted by Crippen LogP contribution is 2.58. The third kappa shape index (κ3) is 6.09. The van der Waals surface area contributed by atoms with Crippen molar-refractivity contribution < 1.29 is 33.8 Å². The number of aryl methyl sites for hydroxylation is 1. The molecule has 0 radical (unpaired) electrons. The Morgan fingerprint density at radius 2 is 1.96 bits per heavy atom. The lowest BCUT2D eigenvalue weighted by Gasteiger charge is -2.37. The molecule has 3 heterocycles. The molecule has 0 unspecified atom stereocenters. The summed E-state index contributed by atoms with van der Waals surface area (Å²) in [5, 5.41) is 13.4. The summed E-state index contributed by atoms with van der Waals surface area (Å²) in [5.74, 6) is -3.52. The van der Waals surface area contributed by atoms with Crippen LogP contribution in [0.3, 0.4) is 0 Å². The van der Waals surface area contributed by atoms with Gasteiger partial charge in [0.05, 0.1) is 41.3 Å². The number of nitrogens with one attached hydrogen (secondary N) is 1. The molecule has 2 N–H and O–H groups in total. The Bertz CT molecular complexity index is 1480. The average Bonchev–Trinajstić information content (AvgIpc) is 3.69. The smallest absolute Gasteiger partial charge is 0.306 e. The van der Waals surface area contributed by atoms with Crippen LogP contribution < -0.4 is 10.2 Å². The number of anilines is 1. The Labute approximate surface area is 274 Å². The molecule has 0 saturated carbocycles. The number of aliphatic hydroxyl groups is 1. The van der Waals surface area contributed by atoms with Gasteiger partial charge in [-0.2, -0.15) is 0 Å². The zero-order chi connectivity index (χ0) is 33.0. The van der Waals surface area contributed by atoms with Crippen molar-refractivity contribution in [2.45, 2.75) is 56.4 Å². The SMILES string of the molecule is C=CCCC(=O)OC[C@@H](NC(=O)[C@@H]1[C@@H]2CC[C@]3(O2)[C@H](C(=O)N(CC=C)c2c(C)cccc2Cl)N(CCO)C(=O)[C@@H]13)c1ccccc1. The van der Waals surface area contributed by atoms with E-state index in [1.807, 2.05) is 43.3 Å². The molecule has 3 aliphatic heterocycles. The fraction of sp³-hybridized carbons (Fsp3) is 0.429. The van der Waals surface area contributed by atoms with Crippen LogP contribution in [0.2, 0.25) is 5.02 Å². The number of esters is 1. The van der Waals surface area contributed by atoms with Gasteiger partial charge in [0.1, 0.15) is 18.2 Å². The van der Waals surface area contributed by atoms with Gasteiger partial charge >= 0.3 is 5.97 Å². The number of aliphatic hydroxyl groups excluding tert-OH is 1. The van der Waals surface area contributed by atoms with E-state index < -0.39 is 59.3 Å². The van der Waals surface area contributed by atoms with Gasteiger partial charge in [0.15, 0.2) is 0 Å². The van der Waals surface area contributed by atoms with Gasteiger partial charge in [-0.1, -0.05) is 66.2 Å². The number of fused-ring (bicyclic) bond motifs is 1. The van der Waals surface area contributed by atoms with Crippen molar-refractivity contribution in [2.75, 3.05) is 31.2 Å². The number of carbonyl (C=O) groups excluding carboxylic acids is 4. The number of likely N-dealkylation sites (tertiary alicyclic amines) is 1. The topological polar surface area (TPSA) is 125 Å². The van der Waals surface area contributed by atoms with Crippen molar-refractivity contribution in [3.8, 4) is 0 Å². The van der Waals surface area contributed by atoms with Crippen molar-refractivity contribution in [1.29, 1.82) is 0 Å². The molecule has 2 aromatic carbocycles. The van der Waals surface area contributed by atoms with Crippen molar-refractivity contribution in [1.82, 2.24) is 10.2 Å². The van der Waals surface area contributed by atoms with Crippen molar-refractivity contribution >= 4 is 41.0 Å². The van der Waals surface area contributed by atoms with Crippen molar-refractivity contribution in [2.24, 2.45) is 11.8 Å². The molecular weight excluding hydrogens is 610 g/mol. The Morgan fingerprint density at radius 3 is 2.63 bits per heavy atom. The molecule has 2 bridgehead atoms. The second-order valence-corrected chi connectivity index (χ2v) is 12.3. The summed E-state index contributed by atoms with van der Waals surface area (Å²) < 4.78 is 12.0. The lowest BCUT2D eigenvalue weighted by Crippen LogP contribution is -2.57. The second kappa shape index (κ2) is 14.2. The average molecular weight is 650 g/mol. The first-order chi connectivity index (χ1) is 22.2. The minimum atomic E-state index is -1.27. The van der Waals surface area contributed by atoms with Crippen LogP contribution >= 0.6 is 11.6 Å². The number of hydrogen-bond acceptors (Lipinski definition) is 7. The van der Waals surface area contributed by atoms with Gasteiger partial charge < -0.3 is 29.7 Å². The summed E-state index contributed by atoms with van der Waals surface area (Å²) in [6.07, 6.45) is 4.12. The minimum Gasteiger partial charge on any atom is -0.463 e. The lowest BCUT2D eigenvalue weighted by molar-refractivity contribution is -0.146. The van der Waals surface area contributed by atoms with E-state index in [4.69, 9.17) is 21.1 Å². The lowest BCUT2D eigenvalue weighted by atomic mass is 9.70. The molecule has 3 amide bonds. The van der Waals surface area contributed by atoms with E-state index in [9.17, 15) is 24.3 Å². The first-order valence-corrected chi connectivity index (χ1v) is 15.9. The molecule has 10 nitrogen and oxygen atoms in total. The zero-order valence-electron chi connectivity index (χ0n) is 25.9. The van der Waals surface area contributed by atoms with Crippen molar-refractivity contribution in [3.63, 3.8) is 0 Å². The van der Waals surface area contributed by atoms with Gasteiger partial charge in [-0.05, 0) is 43.4 Å². The maximum Gasteiger partial charge on any atom is 0.306 e.